The van der Waals surface area contributed by atoms with Crippen molar-refractivity contribution in [2.45, 2.75) is 32.9 Å². The molecule has 2 N–H and O–H groups in total. The van der Waals surface area contributed by atoms with Crippen LogP contribution >= 0.6 is 0 Å². The molecule has 3 nitrogen and oxygen atoms in total. The number of nitrogens with zero attached hydrogens (tertiary/aromatic N) is 1. The van der Waals surface area contributed by atoms with Crippen LogP contribution in [0.5, 0.6) is 0 Å². The number of amides is 1. The largest absolute Gasteiger partial charge is 0.340 e. The average molecular weight is 220 g/mol. The van der Waals surface area contributed by atoms with E-state index >= 15 is 0 Å². The van der Waals surface area contributed by atoms with Crippen molar-refractivity contribution < 1.29 is 4.79 Å². The van der Waals surface area contributed by atoms with Crippen molar-refractivity contribution >= 4 is 5.91 Å². The zero-order chi connectivity index (χ0) is 12.1. The van der Waals surface area contributed by atoms with Crippen molar-refractivity contribution in [3.05, 3.63) is 35.4 Å². The van der Waals surface area contributed by atoms with Gasteiger partial charge in [-0.3, -0.25) is 4.79 Å². The van der Waals surface area contributed by atoms with Gasteiger partial charge < -0.3 is 10.6 Å². The van der Waals surface area contributed by atoms with E-state index in [4.69, 9.17) is 5.73 Å². The van der Waals surface area contributed by atoms with Gasteiger partial charge in [0.15, 0.2) is 0 Å². The molecule has 3 heteroatoms. The number of nitrogens with two attached hydrogens (primary N) is 1. The van der Waals surface area contributed by atoms with Crippen LogP contribution in [0.15, 0.2) is 24.3 Å². The lowest BCUT2D eigenvalue weighted by Gasteiger charge is -2.20. The Labute approximate surface area is 97.2 Å². The fourth-order valence-corrected chi connectivity index (χ4v) is 1.50. The molecule has 0 fully saturated rings. The van der Waals surface area contributed by atoms with Crippen molar-refractivity contribution in [2.75, 3.05) is 7.05 Å². The second-order valence-electron chi connectivity index (χ2n) is 4.19. The van der Waals surface area contributed by atoms with Gasteiger partial charge in [-0.05, 0) is 18.9 Å². The maximum absolute atomic E-state index is 11.7. The van der Waals surface area contributed by atoms with Crippen molar-refractivity contribution in [3.8, 4) is 0 Å². The standard InChI is InChI=1S/C13H20N2O/c1-4-12(14)13(16)15(3)9-11-7-5-10(2)6-8-11/h5-8,12H,4,9,14H2,1-3H3. The highest BCUT2D eigenvalue weighted by Gasteiger charge is 2.15. The molecule has 1 aromatic carbocycles. The molecular weight excluding hydrogens is 200 g/mol. The lowest BCUT2D eigenvalue weighted by molar-refractivity contribution is -0.131. The number of hydrogen-bond acceptors (Lipinski definition) is 2. The molecule has 16 heavy (non-hydrogen) atoms. The van der Waals surface area contributed by atoms with E-state index < -0.39 is 0 Å². The van der Waals surface area contributed by atoms with E-state index in [0.717, 1.165) is 5.56 Å². The number of likely N-dealkylation sites (N-methyl/N-ethyl adjacent to an activating group) is 1. The second-order valence-corrected chi connectivity index (χ2v) is 4.19. The van der Waals surface area contributed by atoms with Crippen molar-refractivity contribution in [1.82, 2.24) is 4.90 Å². The SMILES string of the molecule is CCC(N)C(=O)N(C)Cc1ccc(C)cc1. The van der Waals surface area contributed by atoms with Gasteiger partial charge in [0, 0.05) is 13.6 Å². The van der Waals surface area contributed by atoms with Crippen LogP contribution in [0.25, 0.3) is 0 Å². The molecule has 1 amide bonds. The van der Waals surface area contributed by atoms with E-state index in [-0.39, 0.29) is 11.9 Å². The summed E-state index contributed by atoms with van der Waals surface area (Å²) in [5, 5.41) is 0. The number of hydrogen-bond donors (Lipinski definition) is 1. The number of carbonyl (C=O) groups excluding carboxylic acids is 1. The van der Waals surface area contributed by atoms with Gasteiger partial charge in [0.2, 0.25) is 5.91 Å². The lowest BCUT2D eigenvalue weighted by Crippen LogP contribution is -2.40. The van der Waals surface area contributed by atoms with Crippen molar-refractivity contribution in [2.24, 2.45) is 5.73 Å². The minimum Gasteiger partial charge on any atom is -0.340 e. The van der Waals surface area contributed by atoms with Gasteiger partial charge in [0.25, 0.3) is 0 Å². The topological polar surface area (TPSA) is 46.3 Å². The first-order valence-electron chi connectivity index (χ1n) is 5.60. The Morgan fingerprint density at radius 1 is 1.38 bits per heavy atom. The zero-order valence-electron chi connectivity index (χ0n) is 10.2. The van der Waals surface area contributed by atoms with Gasteiger partial charge >= 0.3 is 0 Å². The van der Waals surface area contributed by atoms with Gasteiger partial charge in [-0.15, -0.1) is 0 Å². The number of rotatable bonds is 4. The molecule has 88 valence electrons. The molecule has 1 atom stereocenters. The van der Waals surface area contributed by atoms with Gasteiger partial charge in [0.05, 0.1) is 6.04 Å². The molecule has 0 aliphatic rings. The Balaban J connectivity index is 2.60. The molecular formula is C13H20N2O. The Hall–Kier alpha value is -1.35. The summed E-state index contributed by atoms with van der Waals surface area (Å²) in [6.07, 6.45) is 0.678. The Morgan fingerprint density at radius 2 is 1.94 bits per heavy atom. The van der Waals surface area contributed by atoms with Crippen molar-refractivity contribution in [1.29, 1.82) is 0 Å². The monoisotopic (exact) mass is 220 g/mol. The molecule has 0 aromatic heterocycles. The fraction of sp³-hybridized carbons (Fsp3) is 0.462. The minimum atomic E-state index is -0.379. The molecule has 0 radical (unpaired) electrons. The van der Waals surface area contributed by atoms with Crippen LogP contribution in [-0.2, 0) is 11.3 Å². The molecule has 1 rings (SSSR count). The molecule has 0 spiro atoms. The van der Waals surface area contributed by atoms with E-state index in [1.54, 1.807) is 11.9 Å². The first-order valence-corrected chi connectivity index (χ1v) is 5.60. The average Bonchev–Trinajstić information content (AvgIpc) is 2.30. The fourth-order valence-electron chi connectivity index (χ4n) is 1.50. The summed E-state index contributed by atoms with van der Waals surface area (Å²) in [5.41, 5.74) is 8.06. The highest BCUT2D eigenvalue weighted by Crippen LogP contribution is 2.07. The summed E-state index contributed by atoms with van der Waals surface area (Å²) < 4.78 is 0. The maximum Gasteiger partial charge on any atom is 0.239 e. The first-order chi connectivity index (χ1) is 7.54. The molecule has 1 aromatic rings. The predicted octanol–water partition coefficient (Wildman–Crippen LogP) is 1.69. The van der Waals surface area contributed by atoms with Gasteiger partial charge in [-0.1, -0.05) is 36.8 Å². The quantitative estimate of drug-likeness (QED) is 0.839. The summed E-state index contributed by atoms with van der Waals surface area (Å²) in [6, 6.07) is 7.80. The van der Waals surface area contributed by atoms with E-state index in [0.29, 0.717) is 13.0 Å². The highest BCUT2D eigenvalue weighted by atomic mass is 16.2. The van der Waals surface area contributed by atoms with Crippen LogP contribution in [0.1, 0.15) is 24.5 Å². The third-order valence-corrected chi connectivity index (χ3v) is 2.67. The second kappa shape index (κ2) is 5.66. The van der Waals surface area contributed by atoms with Crippen LogP contribution < -0.4 is 5.73 Å². The third-order valence-electron chi connectivity index (χ3n) is 2.67. The third kappa shape index (κ3) is 3.35. The highest BCUT2D eigenvalue weighted by molar-refractivity contribution is 5.81. The van der Waals surface area contributed by atoms with E-state index in [2.05, 4.69) is 0 Å². The molecule has 0 saturated heterocycles. The molecule has 0 aliphatic carbocycles. The molecule has 1 unspecified atom stereocenters. The summed E-state index contributed by atoms with van der Waals surface area (Å²) in [4.78, 5) is 13.4. The van der Waals surface area contributed by atoms with Crippen LogP contribution in [0.4, 0.5) is 0 Å². The van der Waals surface area contributed by atoms with Crippen LogP contribution in [0.2, 0.25) is 0 Å². The number of aryl methyl sites for hydroxylation is 1. The molecule has 0 heterocycles. The summed E-state index contributed by atoms with van der Waals surface area (Å²) in [6.45, 7) is 4.58. The summed E-state index contributed by atoms with van der Waals surface area (Å²) in [7, 11) is 1.79. The Kier molecular flexibility index (Phi) is 4.50. The van der Waals surface area contributed by atoms with Crippen LogP contribution in [-0.4, -0.2) is 23.9 Å². The molecule has 0 aliphatic heterocycles. The maximum atomic E-state index is 11.7. The normalized spacial score (nSPS) is 12.2. The van der Waals surface area contributed by atoms with Gasteiger partial charge in [-0.25, -0.2) is 0 Å². The van der Waals surface area contributed by atoms with Gasteiger partial charge in [0.1, 0.15) is 0 Å². The first kappa shape index (κ1) is 12.7. The number of benzene rings is 1. The van der Waals surface area contributed by atoms with E-state index in [1.165, 1.54) is 5.56 Å². The van der Waals surface area contributed by atoms with E-state index in [9.17, 15) is 4.79 Å². The van der Waals surface area contributed by atoms with E-state index in [1.807, 2.05) is 38.1 Å². The van der Waals surface area contributed by atoms with Crippen LogP contribution in [0.3, 0.4) is 0 Å². The predicted molar refractivity (Wildman–Crippen MR) is 65.9 cm³/mol. The van der Waals surface area contributed by atoms with Crippen LogP contribution in [0, 0.1) is 6.92 Å². The summed E-state index contributed by atoms with van der Waals surface area (Å²) in [5.74, 6) is 0.00285. The smallest absolute Gasteiger partial charge is 0.239 e. The summed E-state index contributed by atoms with van der Waals surface area (Å²) >= 11 is 0. The lowest BCUT2D eigenvalue weighted by atomic mass is 10.1. The van der Waals surface area contributed by atoms with Gasteiger partial charge in [-0.2, -0.15) is 0 Å². The zero-order valence-corrected chi connectivity index (χ0v) is 10.2. The number of carbonyl (C=O) groups is 1. The Bertz CT molecular complexity index is 345. The molecule has 0 bridgehead atoms. The van der Waals surface area contributed by atoms with Crippen molar-refractivity contribution in [3.63, 3.8) is 0 Å². The molecule has 0 saturated carbocycles. The minimum absolute atomic E-state index is 0.00285. The Morgan fingerprint density at radius 3 is 2.44 bits per heavy atom.